The molecule has 1 rings (SSSR count). The maximum absolute atomic E-state index is 5.23. The van der Waals surface area contributed by atoms with Crippen molar-refractivity contribution in [2.75, 3.05) is 19.5 Å². The van der Waals surface area contributed by atoms with E-state index in [0.29, 0.717) is 5.75 Å². The van der Waals surface area contributed by atoms with E-state index in [0.717, 1.165) is 11.4 Å². The van der Waals surface area contributed by atoms with Gasteiger partial charge >= 0.3 is 0 Å². The molecule has 1 radical (unpaired) electrons. The summed E-state index contributed by atoms with van der Waals surface area (Å²) in [6, 6.07) is 5.45. The lowest BCUT2D eigenvalue weighted by Crippen LogP contribution is -1.93. The van der Waals surface area contributed by atoms with Crippen LogP contribution < -0.4 is 14.8 Å². The molecule has 3 nitrogen and oxygen atoms in total. The first-order valence-corrected chi connectivity index (χ1v) is 3.83. The molecule has 0 unspecified atom stereocenters. The van der Waals surface area contributed by atoms with E-state index in [1.165, 1.54) is 6.20 Å². The Balaban J connectivity index is 3.00. The maximum atomic E-state index is 5.23. The van der Waals surface area contributed by atoms with Gasteiger partial charge in [0.2, 0.25) is 0 Å². The SMILES string of the molecule is [CH]=CNc1ccc(OC)cc1OC. The number of nitrogens with one attached hydrogen (secondary N) is 1. The fourth-order valence-electron chi connectivity index (χ4n) is 1.01. The second-order valence-corrected chi connectivity index (χ2v) is 2.38. The molecule has 13 heavy (non-hydrogen) atoms. The first-order valence-electron chi connectivity index (χ1n) is 3.83. The number of hydrogen-bond acceptors (Lipinski definition) is 3. The molecule has 0 aromatic heterocycles. The molecule has 0 atom stereocenters. The van der Waals surface area contributed by atoms with Gasteiger partial charge in [-0.25, -0.2) is 0 Å². The van der Waals surface area contributed by atoms with E-state index < -0.39 is 0 Å². The molecule has 0 aliphatic heterocycles. The van der Waals surface area contributed by atoms with Gasteiger partial charge in [-0.2, -0.15) is 0 Å². The Bertz CT molecular complexity index is 297. The van der Waals surface area contributed by atoms with Crippen LogP contribution in [0.25, 0.3) is 0 Å². The van der Waals surface area contributed by atoms with E-state index in [1.54, 1.807) is 20.3 Å². The first kappa shape index (κ1) is 9.45. The topological polar surface area (TPSA) is 30.5 Å². The molecule has 69 valence electrons. The number of benzene rings is 1. The molecule has 0 aliphatic carbocycles. The second-order valence-electron chi connectivity index (χ2n) is 2.38. The molecular weight excluding hydrogens is 166 g/mol. The van der Waals surface area contributed by atoms with Gasteiger partial charge in [-0.3, -0.25) is 0 Å². The Hall–Kier alpha value is -1.64. The largest absolute Gasteiger partial charge is 0.497 e. The minimum atomic E-state index is 0.695. The van der Waals surface area contributed by atoms with Crippen LogP contribution in [-0.4, -0.2) is 14.2 Å². The predicted octanol–water partition coefficient (Wildman–Crippen LogP) is 2.06. The van der Waals surface area contributed by atoms with Gasteiger partial charge in [0.15, 0.2) is 0 Å². The fourth-order valence-corrected chi connectivity index (χ4v) is 1.01. The van der Waals surface area contributed by atoms with Crippen molar-refractivity contribution in [3.63, 3.8) is 0 Å². The van der Waals surface area contributed by atoms with Crippen LogP contribution in [0.3, 0.4) is 0 Å². The summed E-state index contributed by atoms with van der Waals surface area (Å²) in [5, 5.41) is 2.85. The summed E-state index contributed by atoms with van der Waals surface area (Å²) in [4.78, 5) is 0. The lowest BCUT2D eigenvalue weighted by Gasteiger charge is -2.09. The molecule has 1 aromatic rings. The molecule has 0 amide bonds. The summed E-state index contributed by atoms with van der Waals surface area (Å²) < 4.78 is 10.2. The van der Waals surface area contributed by atoms with Gasteiger partial charge in [0.25, 0.3) is 0 Å². The number of hydrogen-bond donors (Lipinski definition) is 1. The molecule has 0 saturated carbocycles. The number of anilines is 1. The van der Waals surface area contributed by atoms with Crippen LogP contribution in [0, 0.1) is 6.58 Å². The Labute approximate surface area is 78.0 Å². The zero-order chi connectivity index (χ0) is 9.68. The standard InChI is InChI=1S/C10H12NO2/c1-4-11-9-6-5-8(12-2)7-10(9)13-3/h1,4-7,11H,2-3H3. The van der Waals surface area contributed by atoms with Gasteiger partial charge in [0, 0.05) is 12.3 Å². The van der Waals surface area contributed by atoms with Crippen molar-refractivity contribution in [3.8, 4) is 11.5 Å². The van der Waals surface area contributed by atoms with E-state index in [2.05, 4.69) is 5.32 Å². The number of rotatable bonds is 4. The fraction of sp³-hybridized carbons (Fsp3) is 0.200. The van der Waals surface area contributed by atoms with E-state index in [9.17, 15) is 0 Å². The molecule has 0 spiro atoms. The van der Waals surface area contributed by atoms with Crippen LogP contribution in [-0.2, 0) is 0 Å². The molecule has 1 N–H and O–H groups in total. The van der Waals surface area contributed by atoms with Gasteiger partial charge in [0.1, 0.15) is 11.5 Å². The van der Waals surface area contributed by atoms with Crippen molar-refractivity contribution in [2.24, 2.45) is 0 Å². The third-order valence-electron chi connectivity index (χ3n) is 1.65. The molecule has 0 heterocycles. The molecule has 0 aliphatic rings. The van der Waals surface area contributed by atoms with Crippen molar-refractivity contribution >= 4 is 5.69 Å². The van der Waals surface area contributed by atoms with Crippen molar-refractivity contribution in [3.05, 3.63) is 31.0 Å². The minimum absolute atomic E-state index is 0.695. The second kappa shape index (κ2) is 4.40. The Morgan fingerprint density at radius 3 is 2.62 bits per heavy atom. The normalized spacial score (nSPS) is 9.08. The zero-order valence-electron chi connectivity index (χ0n) is 7.70. The highest BCUT2D eigenvalue weighted by Gasteiger charge is 2.02. The van der Waals surface area contributed by atoms with Gasteiger partial charge in [-0.15, -0.1) is 0 Å². The summed E-state index contributed by atoms with van der Waals surface area (Å²) in [5.74, 6) is 1.44. The van der Waals surface area contributed by atoms with Crippen LogP contribution in [0.4, 0.5) is 5.69 Å². The molecular formula is C10H12NO2. The first-order chi connectivity index (χ1) is 6.31. The number of methoxy groups -OCH3 is 2. The molecule has 3 heteroatoms. The summed E-state index contributed by atoms with van der Waals surface area (Å²) in [7, 11) is 3.20. The lowest BCUT2D eigenvalue weighted by atomic mass is 10.3. The summed E-state index contributed by atoms with van der Waals surface area (Å²) in [5.41, 5.74) is 0.811. The van der Waals surface area contributed by atoms with Crippen LogP contribution >= 0.6 is 0 Å². The molecule has 0 saturated heterocycles. The Morgan fingerprint density at radius 1 is 1.31 bits per heavy atom. The van der Waals surface area contributed by atoms with Crippen molar-refractivity contribution in [1.29, 1.82) is 0 Å². The summed E-state index contributed by atoms with van der Waals surface area (Å²) in [6.45, 7) is 5.23. The minimum Gasteiger partial charge on any atom is -0.497 e. The molecule has 0 bridgehead atoms. The van der Waals surface area contributed by atoms with E-state index >= 15 is 0 Å². The average molecular weight is 178 g/mol. The third kappa shape index (κ3) is 2.15. The molecule has 0 fully saturated rings. The maximum Gasteiger partial charge on any atom is 0.145 e. The summed E-state index contributed by atoms with van der Waals surface area (Å²) in [6.07, 6.45) is 1.35. The van der Waals surface area contributed by atoms with Crippen molar-refractivity contribution < 1.29 is 9.47 Å². The predicted molar refractivity (Wildman–Crippen MR) is 52.0 cm³/mol. The highest BCUT2D eigenvalue weighted by molar-refractivity contribution is 5.60. The molecule has 1 aromatic carbocycles. The van der Waals surface area contributed by atoms with Crippen LogP contribution in [0.2, 0.25) is 0 Å². The van der Waals surface area contributed by atoms with Gasteiger partial charge in [0.05, 0.1) is 19.9 Å². The Kier molecular flexibility index (Phi) is 3.20. The van der Waals surface area contributed by atoms with Crippen LogP contribution in [0.5, 0.6) is 11.5 Å². The zero-order valence-corrected chi connectivity index (χ0v) is 7.70. The Morgan fingerprint density at radius 2 is 2.08 bits per heavy atom. The lowest BCUT2D eigenvalue weighted by molar-refractivity contribution is 0.395. The summed E-state index contributed by atoms with van der Waals surface area (Å²) >= 11 is 0. The third-order valence-corrected chi connectivity index (χ3v) is 1.65. The van der Waals surface area contributed by atoms with Crippen molar-refractivity contribution in [1.82, 2.24) is 0 Å². The van der Waals surface area contributed by atoms with Gasteiger partial charge in [-0.1, -0.05) is 0 Å². The van der Waals surface area contributed by atoms with Crippen molar-refractivity contribution in [2.45, 2.75) is 0 Å². The smallest absolute Gasteiger partial charge is 0.145 e. The highest BCUT2D eigenvalue weighted by Crippen LogP contribution is 2.28. The highest BCUT2D eigenvalue weighted by atomic mass is 16.5. The van der Waals surface area contributed by atoms with E-state index in [1.807, 2.05) is 12.1 Å². The van der Waals surface area contributed by atoms with Crippen LogP contribution in [0.15, 0.2) is 24.4 Å². The van der Waals surface area contributed by atoms with Gasteiger partial charge in [-0.05, 0) is 18.7 Å². The van der Waals surface area contributed by atoms with E-state index in [-0.39, 0.29) is 0 Å². The number of ether oxygens (including phenoxy) is 2. The quantitative estimate of drug-likeness (QED) is 0.765. The van der Waals surface area contributed by atoms with E-state index in [4.69, 9.17) is 16.1 Å². The average Bonchev–Trinajstić information content (AvgIpc) is 2.19. The van der Waals surface area contributed by atoms with Gasteiger partial charge < -0.3 is 14.8 Å². The monoisotopic (exact) mass is 178 g/mol. The van der Waals surface area contributed by atoms with Crippen LogP contribution in [0.1, 0.15) is 0 Å².